The SMILES string of the molecule is CCOc1ccc(C(=O)NC2(C(=O)O)CCSCC2)cc1OC. The third kappa shape index (κ3) is 3.90. The zero-order valence-electron chi connectivity index (χ0n) is 13.3. The van der Waals surface area contributed by atoms with Crippen LogP contribution in [-0.4, -0.2) is 47.7 Å². The number of carbonyl (C=O) groups excluding carboxylic acids is 1. The number of carboxylic acid groups (broad SMARTS) is 1. The molecule has 1 aliphatic rings. The van der Waals surface area contributed by atoms with Crippen LogP contribution in [0, 0.1) is 0 Å². The van der Waals surface area contributed by atoms with Gasteiger partial charge in [0.1, 0.15) is 5.54 Å². The fourth-order valence-corrected chi connectivity index (χ4v) is 3.67. The van der Waals surface area contributed by atoms with Gasteiger partial charge in [0.25, 0.3) is 5.91 Å². The summed E-state index contributed by atoms with van der Waals surface area (Å²) >= 11 is 1.70. The lowest BCUT2D eigenvalue weighted by molar-refractivity contribution is -0.144. The van der Waals surface area contributed by atoms with Gasteiger partial charge in [-0.2, -0.15) is 11.8 Å². The number of methoxy groups -OCH3 is 1. The number of benzene rings is 1. The fraction of sp³-hybridized carbons (Fsp3) is 0.500. The second kappa shape index (κ2) is 7.59. The summed E-state index contributed by atoms with van der Waals surface area (Å²) < 4.78 is 10.6. The Morgan fingerprint density at radius 2 is 2.00 bits per heavy atom. The van der Waals surface area contributed by atoms with Crippen molar-refractivity contribution in [3.63, 3.8) is 0 Å². The third-order valence-electron chi connectivity index (χ3n) is 3.83. The van der Waals surface area contributed by atoms with Gasteiger partial charge < -0.3 is 19.9 Å². The molecule has 1 heterocycles. The predicted octanol–water partition coefficient (Wildman–Crippen LogP) is 2.17. The topological polar surface area (TPSA) is 84.9 Å². The van der Waals surface area contributed by atoms with Gasteiger partial charge in [0.15, 0.2) is 11.5 Å². The molecule has 0 radical (unpaired) electrons. The van der Waals surface area contributed by atoms with Gasteiger partial charge in [-0.1, -0.05) is 0 Å². The van der Waals surface area contributed by atoms with Crippen molar-refractivity contribution in [2.75, 3.05) is 25.2 Å². The summed E-state index contributed by atoms with van der Waals surface area (Å²) in [4.78, 5) is 24.1. The number of ether oxygens (including phenoxy) is 2. The zero-order chi connectivity index (χ0) is 16.9. The molecule has 0 spiro atoms. The van der Waals surface area contributed by atoms with Crippen molar-refractivity contribution in [1.82, 2.24) is 5.32 Å². The monoisotopic (exact) mass is 339 g/mol. The molecular formula is C16H21NO5S. The van der Waals surface area contributed by atoms with Gasteiger partial charge in [0, 0.05) is 5.56 Å². The Kier molecular flexibility index (Phi) is 5.76. The minimum Gasteiger partial charge on any atom is -0.493 e. The van der Waals surface area contributed by atoms with E-state index in [9.17, 15) is 14.7 Å². The van der Waals surface area contributed by atoms with E-state index in [0.717, 1.165) is 11.5 Å². The number of carboxylic acids is 1. The Morgan fingerprint density at radius 1 is 1.30 bits per heavy atom. The summed E-state index contributed by atoms with van der Waals surface area (Å²) in [6.45, 7) is 2.35. The molecule has 0 bridgehead atoms. The average Bonchev–Trinajstić information content (AvgIpc) is 2.56. The molecule has 1 amide bonds. The molecule has 1 fully saturated rings. The van der Waals surface area contributed by atoms with E-state index in [1.54, 1.807) is 30.0 Å². The van der Waals surface area contributed by atoms with Crippen molar-refractivity contribution in [3.05, 3.63) is 23.8 Å². The van der Waals surface area contributed by atoms with Crippen molar-refractivity contribution in [2.45, 2.75) is 25.3 Å². The molecular weight excluding hydrogens is 318 g/mol. The highest BCUT2D eigenvalue weighted by atomic mass is 32.2. The van der Waals surface area contributed by atoms with Gasteiger partial charge in [-0.15, -0.1) is 0 Å². The first-order chi connectivity index (χ1) is 11.0. The van der Waals surface area contributed by atoms with Gasteiger partial charge in [-0.05, 0) is 49.5 Å². The quantitative estimate of drug-likeness (QED) is 0.826. The summed E-state index contributed by atoms with van der Waals surface area (Å²) in [5.41, 5.74) is -0.835. The number of amides is 1. The van der Waals surface area contributed by atoms with Crippen LogP contribution < -0.4 is 14.8 Å². The van der Waals surface area contributed by atoms with Crippen molar-refractivity contribution in [2.24, 2.45) is 0 Å². The van der Waals surface area contributed by atoms with Crippen LogP contribution in [0.1, 0.15) is 30.1 Å². The van der Waals surface area contributed by atoms with E-state index in [0.29, 0.717) is 36.5 Å². The lowest BCUT2D eigenvalue weighted by atomic mass is 9.92. The highest BCUT2D eigenvalue weighted by Crippen LogP contribution is 2.30. The highest BCUT2D eigenvalue weighted by Gasteiger charge is 2.41. The molecule has 6 nitrogen and oxygen atoms in total. The Labute approximate surface area is 139 Å². The largest absolute Gasteiger partial charge is 0.493 e. The lowest BCUT2D eigenvalue weighted by Gasteiger charge is -2.33. The highest BCUT2D eigenvalue weighted by molar-refractivity contribution is 7.99. The molecule has 0 aliphatic carbocycles. The molecule has 0 unspecified atom stereocenters. The number of rotatable bonds is 6. The molecule has 1 aromatic rings. The first-order valence-corrected chi connectivity index (χ1v) is 8.62. The Balaban J connectivity index is 2.20. The van der Waals surface area contributed by atoms with Gasteiger partial charge in [-0.25, -0.2) is 4.79 Å². The van der Waals surface area contributed by atoms with Gasteiger partial charge in [-0.3, -0.25) is 4.79 Å². The number of nitrogens with one attached hydrogen (secondary N) is 1. The second-order valence-corrected chi connectivity index (χ2v) is 6.48. The summed E-state index contributed by atoms with van der Waals surface area (Å²) in [6.07, 6.45) is 0.847. The average molecular weight is 339 g/mol. The van der Waals surface area contributed by atoms with Crippen molar-refractivity contribution >= 4 is 23.6 Å². The van der Waals surface area contributed by atoms with E-state index in [1.165, 1.54) is 7.11 Å². The Morgan fingerprint density at radius 3 is 2.57 bits per heavy atom. The van der Waals surface area contributed by atoms with Crippen LogP contribution in [0.4, 0.5) is 0 Å². The van der Waals surface area contributed by atoms with Crippen LogP contribution in [0.15, 0.2) is 18.2 Å². The number of thioether (sulfide) groups is 1. The number of carbonyl (C=O) groups is 2. The van der Waals surface area contributed by atoms with Crippen LogP contribution in [0.3, 0.4) is 0 Å². The predicted molar refractivity (Wildman–Crippen MR) is 88.6 cm³/mol. The zero-order valence-corrected chi connectivity index (χ0v) is 14.1. The van der Waals surface area contributed by atoms with E-state index < -0.39 is 17.4 Å². The first-order valence-electron chi connectivity index (χ1n) is 7.47. The molecule has 1 aromatic carbocycles. The maximum absolute atomic E-state index is 12.5. The first kappa shape index (κ1) is 17.5. The molecule has 1 aliphatic heterocycles. The summed E-state index contributed by atoms with van der Waals surface area (Å²) in [7, 11) is 1.50. The lowest BCUT2D eigenvalue weighted by Crippen LogP contribution is -2.56. The normalized spacial score (nSPS) is 16.4. The van der Waals surface area contributed by atoms with Crippen molar-refractivity contribution in [1.29, 1.82) is 0 Å². The van der Waals surface area contributed by atoms with E-state index in [4.69, 9.17) is 9.47 Å². The Hall–Kier alpha value is -1.89. The smallest absolute Gasteiger partial charge is 0.329 e. The number of hydrogen-bond acceptors (Lipinski definition) is 5. The molecule has 0 atom stereocenters. The second-order valence-electron chi connectivity index (χ2n) is 5.25. The van der Waals surface area contributed by atoms with E-state index >= 15 is 0 Å². The van der Waals surface area contributed by atoms with Gasteiger partial charge in [0.2, 0.25) is 0 Å². The summed E-state index contributed by atoms with van der Waals surface area (Å²) in [5, 5.41) is 12.2. The van der Waals surface area contributed by atoms with Gasteiger partial charge >= 0.3 is 5.97 Å². The molecule has 0 aromatic heterocycles. The fourth-order valence-electron chi connectivity index (χ4n) is 2.49. The van der Waals surface area contributed by atoms with Crippen LogP contribution >= 0.6 is 11.8 Å². The molecule has 0 saturated carbocycles. The molecule has 1 saturated heterocycles. The summed E-state index contributed by atoms with van der Waals surface area (Å²) in [6, 6.07) is 4.82. The van der Waals surface area contributed by atoms with E-state index in [1.807, 2.05) is 6.92 Å². The summed E-state index contributed by atoms with van der Waals surface area (Å²) in [5.74, 6) is 1.04. The van der Waals surface area contributed by atoms with Crippen molar-refractivity contribution in [3.8, 4) is 11.5 Å². The van der Waals surface area contributed by atoms with Crippen LogP contribution in [-0.2, 0) is 4.79 Å². The van der Waals surface area contributed by atoms with Gasteiger partial charge in [0.05, 0.1) is 13.7 Å². The Bertz CT molecular complexity index is 584. The standard InChI is InChI=1S/C16H21NO5S/c1-3-22-12-5-4-11(10-13(12)21-2)14(18)17-16(15(19)20)6-8-23-9-7-16/h4-5,10H,3,6-9H2,1-2H3,(H,17,18)(H,19,20). The van der Waals surface area contributed by atoms with E-state index in [-0.39, 0.29) is 0 Å². The van der Waals surface area contributed by atoms with Crippen molar-refractivity contribution < 1.29 is 24.2 Å². The molecule has 7 heteroatoms. The number of hydrogen-bond donors (Lipinski definition) is 2. The maximum atomic E-state index is 12.5. The molecule has 2 N–H and O–H groups in total. The van der Waals surface area contributed by atoms with Crippen LogP contribution in [0.2, 0.25) is 0 Å². The minimum atomic E-state index is -1.19. The third-order valence-corrected chi connectivity index (χ3v) is 4.82. The molecule has 2 rings (SSSR count). The number of aliphatic carboxylic acids is 1. The van der Waals surface area contributed by atoms with Crippen LogP contribution in [0.5, 0.6) is 11.5 Å². The van der Waals surface area contributed by atoms with Crippen LogP contribution in [0.25, 0.3) is 0 Å². The molecule has 23 heavy (non-hydrogen) atoms. The minimum absolute atomic E-state index is 0.351. The molecule has 126 valence electrons. The maximum Gasteiger partial charge on any atom is 0.329 e. The van der Waals surface area contributed by atoms with E-state index in [2.05, 4.69) is 5.32 Å².